The van der Waals surface area contributed by atoms with Gasteiger partial charge in [0.05, 0.1) is 13.2 Å². The lowest BCUT2D eigenvalue weighted by molar-refractivity contribution is -0.151. The van der Waals surface area contributed by atoms with Gasteiger partial charge >= 0.3 is 5.97 Å². The molecule has 0 aromatic heterocycles. The maximum Gasteiger partial charge on any atom is 0.326 e. The summed E-state index contributed by atoms with van der Waals surface area (Å²) < 4.78 is 23.3. The Morgan fingerprint density at radius 2 is 2.33 bits per heavy atom. The molecule has 0 heterocycles. The molecule has 2 N–H and O–H groups in total. The summed E-state index contributed by atoms with van der Waals surface area (Å²) in [5, 5.41) is 0. The van der Waals surface area contributed by atoms with Crippen LogP contribution < -0.4 is 5.73 Å². The Balaban J connectivity index is 1.98. The van der Waals surface area contributed by atoms with Gasteiger partial charge in [0.1, 0.15) is 11.7 Å². The van der Waals surface area contributed by atoms with Crippen molar-refractivity contribution in [3.63, 3.8) is 0 Å². The Morgan fingerprint density at radius 3 is 2.94 bits per heavy atom. The normalized spacial score (nSPS) is 41.1. The number of nitrogens with two attached hydrogens (primary N) is 1. The van der Waals surface area contributed by atoms with E-state index >= 15 is 0 Å². The van der Waals surface area contributed by atoms with Crippen LogP contribution in [0.4, 0.5) is 4.39 Å². The van der Waals surface area contributed by atoms with Crippen LogP contribution in [0.5, 0.6) is 0 Å². The Morgan fingerprint density at radius 1 is 1.61 bits per heavy atom. The maximum atomic E-state index is 13.8. The van der Waals surface area contributed by atoms with Gasteiger partial charge in [-0.15, -0.1) is 0 Å². The minimum atomic E-state index is -1.20. The average Bonchev–Trinajstić information content (AvgIpc) is 2.97. The van der Waals surface area contributed by atoms with Crippen molar-refractivity contribution in [1.82, 2.24) is 0 Å². The van der Waals surface area contributed by atoms with Crippen LogP contribution in [-0.2, 0) is 19.1 Å². The van der Waals surface area contributed by atoms with Crippen LogP contribution in [0, 0.1) is 17.8 Å². The molecule has 6 heteroatoms. The smallest absolute Gasteiger partial charge is 0.326 e. The Labute approximate surface area is 105 Å². The lowest BCUT2D eigenvalue weighted by Gasteiger charge is -2.25. The molecule has 0 aliphatic heterocycles. The molecule has 0 bridgehead atoms. The molecular formula is C12H18FNO4. The van der Waals surface area contributed by atoms with Gasteiger partial charge in [-0.05, 0) is 31.1 Å². The first-order valence-electron chi connectivity index (χ1n) is 6.21. The monoisotopic (exact) mass is 259 g/mol. The van der Waals surface area contributed by atoms with Gasteiger partial charge in [0, 0.05) is 6.42 Å². The van der Waals surface area contributed by atoms with E-state index in [2.05, 4.69) is 4.74 Å². The molecular weight excluding hydrogens is 241 g/mol. The minimum Gasteiger partial charge on any atom is -0.468 e. The van der Waals surface area contributed by atoms with E-state index in [0.717, 1.165) is 0 Å². The fourth-order valence-electron chi connectivity index (χ4n) is 3.32. The van der Waals surface area contributed by atoms with Gasteiger partial charge in [-0.2, -0.15) is 0 Å². The van der Waals surface area contributed by atoms with Crippen molar-refractivity contribution in [2.45, 2.75) is 31.5 Å². The first-order chi connectivity index (χ1) is 8.56. The number of carbonyl (C=O) groups is 2. The van der Waals surface area contributed by atoms with Crippen LogP contribution in [-0.4, -0.2) is 37.4 Å². The third kappa shape index (κ3) is 1.98. The standard InChI is InChI=1S/C12H18FNO4/c1-2-18-11(16)12(14)5-8(13)9-7(10(9)12)3-4-17-6-15/h6-10H,2-5,14H2,1H3/t7-,8+,9+,10+,12-/m0/s1. The molecule has 0 unspecified atom stereocenters. The molecule has 2 aliphatic rings. The molecule has 18 heavy (non-hydrogen) atoms. The Kier molecular flexibility index (Phi) is 3.56. The number of ether oxygens (including phenoxy) is 2. The molecule has 0 spiro atoms. The SMILES string of the molecule is CCOC(=O)[C@]1(N)C[C@@H](F)[C@H]2[C@H](CCOC=O)[C@H]21. The third-order valence-electron chi connectivity index (χ3n) is 4.07. The highest BCUT2D eigenvalue weighted by molar-refractivity contribution is 5.82. The fraction of sp³-hybridized carbons (Fsp3) is 0.833. The number of halogens is 1. The summed E-state index contributed by atoms with van der Waals surface area (Å²) >= 11 is 0. The predicted molar refractivity (Wildman–Crippen MR) is 60.2 cm³/mol. The minimum absolute atomic E-state index is 0.0168. The molecule has 0 radical (unpaired) electrons. The van der Waals surface area contributed by atoms with Gasteiger partial charge < -0.3 is 15.2 Å². The second-order valence-electron chi connectivity index (χ2n) is 5.00. The van der Waals surface area contributed by atoms with Gasteiger partial charge in [-0.1, -0.05) is 0 Å². The summed E-state index contributed by atoms with van der Waals surface area (Å²) in [7, 11) is 0. The first kappa shape index (κ1) is 13.3. The van der Waals surface area contributed by atoms with Crippen LogP contribution in [0.2, 0.25) is 0 Å². The number of carbonyl (C=O) groups excluding carboxylic acids is 2. The van der Waals surface area contributed by atoms with Crippen molar-refractivity contribution >= 4 is 12.4 Å². The van der Waals surface area contributed by atoms with Crippen molar-refractivity contribution in [2.24, 2.45) is 23.5 Å². The fourth-order valence-corrected chi connectivity index (χ4v) is 3.32. The van der Waals surface area contributed by atoms with Gasteiger partial charge in [-0.3, -0.25) is 9.59 Å². The van der Waals surface area contributed by atoms with Crippen LogP contribution >= 0.6 is 0 Å². The second kappa shape index (κ2) is 4.84. The lowest BCUT2D eigenvalue weighted by atomic mass is 9.90. The topological polar surface area (TPSA) is 78.6 Å². The number of hydrogen-bond donors (Lipinski definition) is 1. The number of esters is 1. The van der Waals surface area contributed by atoms with Gasteiger partial charge in [0.2, 0.25) is 0 Å². The second-order valence-corrected chi connectivity index (χ2v) is 5.00. The van der Waals surface area contributed by atoms with E-state index in [1.165, 1.54) is 0 Å². The van der Waals surface area contributed by atoms with Crippen molar-refractivity contribution in [3.8, 4) is 0 Å². The summed E-state index contributed by atoms with van der Waals surface area (Å²) in [6.07, 6.45) is -0.482. The van der Waals surface area contributed by atoms with E-state index in [-0.39, 0.29) is 37.4 Å². The van der Waals surface area contributed by atoms with Crippen LogP contribution in [0.15, 0.2) is 0 Å². The largest absolute Gasteiger partial charge is 0.468 e. The van der Waals surface area contributed by atoms with Crippen molar-refractivity contribution in [2.75, 3.05) is 13.2 Å². The maximum absolute atomic E-state index is 13.8. The van der Waals surface area contributed by atoms with Crippen molar-refractivity contribution in [3.05, 3.63) is 0 Å². The molecule has 2 rings (SSSR count). The number of rotatable bonds is 6. The van der Waals surface area contributed by atoms with E-state index < -0.39 is 17.7 Å². The zero-order valence-corrected chi connectivity index (χ0v) is 10.3. The van der Waals surface area contributed by atoms with Crippen molar-refractivity contribution in [1.29, 1.82) is 0 Å². The average molecular weight is 259 g/mol. The molecule has 0 aromatic rings. The number of fused-ring (bicyclic) bond motifs is 1. The highest BCUT2D eigenvalue weighted by atomic mass is 19.1. The third-order valence-corrected chi connectivity index (χ3v) is 4.07. The molecule has 0 saturated heterocycles. The van der Waals surface area contributed by atoms with Gasteiger partial charge in [-0.25, -0.2) is 4.39 Å². The predicted octanol–water partition coefficient (Wildman–Crippen LogP) is 0.414. The van der Waals surface area contributed by atoms with Crippen molar-refractivity contribution < 1.29 is 23.5 Å². The highest BCUT2D eigenvalue weighted by Gasteiger charge is 2.71. The van der Waals surface area contributed by atoms with Gasteiger partial charge in [0.25, 0.3) is 6.47 Å². The molecule has 102 valence electrons. The summed E-state index contributed by atoms with van der Waals surface area (Å²) in [6.45, 7) is 2.55. The molecule has 5 atom stereocenters. The molecule has 2 aliphatic carbocycles. The summed E-state index contributed by atoms with van der Waals surface area (Å²) in [5.41, 5.74) is 4.83. The van der Waals surface area contributed by atoms with E-state index in [0.29, 0.717) is 12.9 Å². The zero-order chi connectivity index (χ0) is 13.3. The molecule has 0 aromatic carbocycles. The molecule has 0 amide bonds. The first-order valence-corrected chi connectivity index (χ1v) is 6.21. The quantitative estimate of drug-likeness (QED) is 0.425. The van der Waals surface area contributed by atoms with Gasteiger partial charge in [0.15, 0.2) is 0 Å². The van der Waals surface area contributed by atoms with E-state index in [1.54, 1.807) is 6.92 Å². The molecule has 2 fully saturated rings. The number of hydrogen-bond acceptors (Lipinski definition) is 5. The Bertz CT molecular complexity index is 351. The highest BCUT2D eigenvalue weighted by Crippen LogP contribution is 2.63. The molecule has 2 saturated carbocycles. The van der Waals surface area contributed by atoms with E-state index in [1.807, 2.05) is 0 Å². The van der Waals surface area contributed by atoms with E-state index in [9.17, 15) is 14.0 Å². The Hall–Kier alpha value is -1.17. The summed E-state index contributed by atoms with van der Waals surface area (Å²) in [6, 6.07) is 0. The van der Waals surface area contributed by atoms with E-state index in [4.69, 9.17) is 10.5 Å². The van der Waals surface area contributed by atoms with Crippen LogP contribution in [0.25, 0.3) is 0 Å². The summed E-state index contributed by atoms with van der Waals surface area (Å²) in [5.74, 6) is -0.862. The number of alkyl halides is 1. The zero-order valence-electron chi connectivity index (χ0n) is 10.3. The summed E-state index contributed by atoms with van der Waals surface area (Å²) in [4.78, 5) is 21.9. The lowest BCUT2D eigenvalue weighted by Crippen LogP contribution is -2.51. The van der Waals surface area contributed by atoms with Crippen LogP contribution in [0.1, 0.15) is 19.8 Å². The molecule has 5 nitrogen and oxygen atoms in total. The van der Waals surface area contributed by atoms with Crippen LogP contribution in [0.3, 0.4) is 0 Å².